The Hall–Kier alpha value is -0.340. The van der Waals surface area contributed by atoms with Gasteiger partial charge in [0, 0.05) is 13.0 Å². The maximum absolute atomic E-state index is 11.9. The summed E-state index contributed by atoms with van der Waals surface area (Å²) < 4.78 is 60.7. The van der Waals surface area contributed by atoms with Crippen molar-refractivity contribution < 1.29 is 26.7 Å². The van der Waals surface area contributed by atoms with Crippen LogP contribution in [0, 0.1) is 5.92 Å². The molecule has 0 aromatic rings. The van der Waals surface area contributed by atoms with E-state index < -0.39 is 40.4 Å². The first-order valence-electron chi connectivity index (χ1n) is 6.09. The van der Waals surface area contributed by atoms with Crippen LogP contribution in [0.2, 0.25) is 0 Å². The molecule has 0 aromatic carbocycles. The Balaban J connectivity index is 4.17. The Labute approximate surface area is 112 Å². The van der Waals surface area contributed by atoms with Crippen molar-refractivity contribution in [2.75, 3.05) is 12.3 Å². The van der Waals surface area contributed by atoms with E-state index in [-0.39, 0.29) is 12.5 Å². The average Bonchev–Trinajstić information content (AvgIpc) is 2.10. The summed E-state index contributed by atoms with van der Waals surface area (Å²) in [5, 5.41) is 9.90. The van der Waals surface area contributed by atoms with Crippen molar-refractivity contribution in [1.29, 1.82) is 0 Å². The monoisotopic (exact) mass is 305 g/mol. The van der Waals surface area contributed by atoms with Crippen molar-refractivity contribution in [2.24, 2.45) is 5.92 Å². The quantitative estimate of drug-likeness (QED) is 0.721. The molecule has 0 radical (unpaired) electrons. The number of nitrogens with one attached hydrogen (secondary N) is 1. The highest BCUT2D eigenvalue weighted by Gasteiger charge is 2.28. The van der Waals surface area contributed by atoms with E-state index in [1.807, 2.05) is 13.8 Å². The fraction of sp³-hybridized carbons (Fsp3) is 1.00. The van der Waals surface area contributed by atoms with Crippen LogP contribution in [0.3, 0.4) is 0 Å². The zero-order chi connectivity index (χ0) is 15.3. The second kappa shape index (κ2) is 6.90. The third-order valence-electron chi connectivity index (χ3n) is 2.39. The largest absolute Gasteiger partial charge is 0.389 e. The van der Waals surface area contributed by atoms with Crippen molar-refractivity contribution in [3.63, 3.8) is 0 Å². The summed E-state index contributed by atoms with van der Waals surface area (Å²) in [5.74, 6) is -0.408. The number of hydrogen-bond donors (Lipinski definition) is 2. The maximum Gasteiger partial charge on any atom is 0.389 e. The summed E-state index contributed by atoms with van der Waals surface area (Å²) in [6.07, 6.45) is -5.56. The standard InChI is InChI=1S/C11H22F3NO3S/c1-9(2)7-10(3,16)8-15-19(17,18)6-4-5-11(12,13)14/h9,15-16H,4-8H2,1-3H3. The first-order chi connectivity index (χ1) is 8.33. The van der Waals surface area contributed by atoms with E-state index in [1.54, 1.807) is 0 Å². The molecule has 0 spiro atoms. The zero-order valence-electron chi connectivity index (χ0n) is 11.4. The lowest BCUT2D eigenvalue weighted by Gasteiger charge is -2.25. The van der Waals surface area contributed by atoms with Crippen molar-refractivity contribution >= 4 is 10.0 Å². The lowest BCUT2D eigenvalue weighted by Crippen LogP contribution is -2.42. The van der Waals surface area contributed by atoms with Gasteiger partial charge in [0.15, 0.2) is 0 Å². The van der Waals surface area contributed by atoms with E-state index in [4.69, 9.17) is 0 Å². The predicted molar refractivity (Wildman–Crippen MR) is 67.2 cm³/mol. The van der Waals surface area contributed by atoms with Gasteiger partial charge in [-0.15, -0.1) is 0 Å². The highest BCUT2D eigenvalue weighted by Crippen LogP contribution is 2.21. The number of aliphatic hydroxyl groups is 1. The molecule has 0 bridgehead atoms. The lowest BCUT2D eigenvalue weighted by molar-refractivity contribution is -0.134. The van der Waals surface area contributed by atoms with Gasteiger partial charge in [-0.3, -0.25) is 0 Å². The molecule has 0 aliphatic carbocycles. The SMILES string of the molecule is CC(C)CC(C)(O)CNS(=O)(=O)CCCC(F)(F)F. The summed E-state index contributed by atoms with van der Waals surface area (Å²) in [4.78, 5) is 0. The van der Waals surface area contributed by atoms with Crippen LogP contribution in [-0.4, -0.2) is 37.6 Å². The van der Waals surface area contributed by atoms with E-state index in [9.17, 15) is 26.7 Å². The second-order valence-electron chi connectivity index (χ2n) is 5.45. The van der Waals surface area contributed by atoms with Crippen LogP contribution in [0.4, 0.5) is 13.2 Å². The van der Waals surface area contributed by atoms with Crippen LogP contribution in [-0.2, 0) is 10.0 Å². The van der Waals surface area contributed by atoms with Gasteiger partial charge in [-0.1, -0.05) is 13.8 Å². The fourth-order valence-electron chi connectivity index (χ4n) is 1.75. The molecule has 116 valence electrons. The number of hydrogen-bond acceptors (Lipinski definition) is 3. The summed E-state index contributed by atoms with van der Waals surface area (Å²) in [6, 6.07) is 0. The van der Waals surface area contributed by atoms with Gasteiger partial charge in [0.25, 0.3) is 0 Å². The minimum Gasteiger partial charge on any atom is -0.389 e. The second-order valence-corrected chi connectivity index (χ2v) is 7.38. The van der Waals surface area contributed by atoms with Gasteiger partial charge in [-0.05, 0) is 25.7 Å². The highest BCUT2D eigenvalue weighted by molar-refractivity contribution is 7.89. The number of alkyl halides is 3. The van der Waals surface area contributed by atoms with Gasteiger partial charge in [0.2, 0.25) is 10.0 Å². The Bertz CT molecular complexity index is 364. The molecule has 4 nitrogen and oxygen atoms in total. The van der Waals surface area contributed by atoms with Crippen molar-refractivity contribution in [3.8, 4) is 0 Å². The van der Waals surface area contributed by atoms with Gasteiger partial charge in [0.05, 0.1) is 11.4 Å². The fourth-order valence-corrected chi connectivity index (χ4v) is 2.95. The van der Waals surface area contributed by atoms with E-state index in [0.29, 0.717) is 6.42 Å². The minimum absolute atomic E-state index is 0.185. The lowest BCUT2D eigenvalue weighted by atomic mass is 9.95. The predicted octanol–water partition coefficient (Wildman–Crippen LogP) is 2.05. The number of halogens is 3. The molecule has 1 unspecified atom stereocenters. The molecule has 0 heterocycles. The first-order valence-corrected chi connectivity index (χ1v) is 7.75. The molecule has 0 saturated carbocycles. The van der Waals surface area contributed by atoms with E-state index >= 15 is 0 Å². The molecule has 1 atom stereocenters. The van der Waals surface area contributed by atoms with Gasteiger partial charge >= 0.3 is 6.18 Å². The first kappa shape index (κ1) is 18.7. The molecule has 0 fully saturated rings. The van der Waals surface area contributed by atoms with Crippen LogP contribution in [0.25, 0.3) is 0 Å². The van der Waals surface area contributed by atoms with Gasteiger partial charge in [-0.2, -0.15) is 13.2 Å². The Morgan fingerprint density at radius 1 is 1.26 bits per heavy atom. The molecule has 2 N–H and O–H groups in total. The molecule has 0 saturated heterocycles. The zero-order valence-corrected chi connectivity index (χ0v) is 12.2. The summed E-state index contributed by atoms with van der Waals surface area (Å²) >= 11 is 0. The van der Waals surface area contributed by atoms with Crippen LogP contribution >= 0.6 is 0 Å². The molecule has 0 aliphatic rings. The molecule has 19 heavy (non-hydrogen) atoms. The van der Waals surface area contributed by atoms with Crippen LogP contribution < -0.4 is 4.72 Å². The topological polar surface area (TPSA) is 66.4 Å². The number of sulfonamides is 1. The minimum atomic E-state index is -4.35. The van der Waals surface area contributed by atoms with Crippen molar-refractivity contribution in [1.82, 2.24) is 4.72 Å². The van der Waals surface area contributed by atoms with Crippen LogP contribution in [0.1, 0.15) is 40.0 Å². The summed E-state index contributed by atoms with van der Waals surface area (Å²) in [5.41, 5.74) is -1.20. The molecular formula is C11H22F3NO3S. The van der Waals surface area contributed by atoms with E-state index in [0.717, 1.165) is 0 Å². The van der Waals surface area contributed by atoms with Crippen molar-refractivity contribution in [3.05, 3.63) is 0 Å². The normalized spacial score (nSPS) is 16.6. The van der Waals surface area contributed by atoms with E-state index in [2.05, 4.69) is 4.72 Å². The summed E-state index contributed by atoms with van der Waals surface area (Å²) in [6.45, 7) is 5.06. The van der Waals surface area contributed by atoms with Gasteiger partial charge in [-0.25, -0.2) is 13.1 Å². The molecule has 0 rings (SSSR count). The third kappa shape index (κ3) is 11.2. The van der Waals surface area contributed by atoms with Crippen LogP contribution in [0.15, 0.2) is 0 Å². The van der Waals surface area contributed by atoms with Gasteiger partial charge < -0.3 is 5.11 Å². The Morgan fingerprint density at radius 2 is 1.79 bits per heavy atom. The highest BCUT2D eigenvalue weighted by atomic mass is 32.2. The molecule has 0 aromatic heterocycles. The number of rotatable bonds is 8. The Kier molecular flexibility index (Phi) is 6.77. The average molecular weight is 305 g/mol. The van der Waals surface area contributed by atoms with Crippen LogP contribution in [0.5, 0.6) is 0 Å². The smallest absolute Gasteiger partial charge is 0.389 e. The van der Waals surface area contributed by atoms with Gasteiger partial charge in [0.1, 0.15) is 0 Å². The molecule has 0 aliphatic heterocycles. The third-order valence-corrected chi connectivity index (χ3v) is 3.80. The Morgan fingerprint density at radius 3 is 2.21 bits per heavy atom. The summed E-state index contributed by atoms with van der Waals surface area (Å²) in [7, 11) is -3.78. The van der Waals surface area contributed by atoms with E-state index in [1.165, 1.54) is 6.92 Å². The van der Waals surface area contributed by atoms with Crippen molar-refractivity contribution in [2.45, 2.75) is 51.8 Å². The molecule has 0 amide bonds. The molecule has 8 heteroatoms. The molecular weight excluding hydrogens is 283 g/mol. The maximum atomic E-state index is 11.9.